The van der Waals surface area contributed by atoms with Crippen molar-refractivity contribution in [2.24, 2.45) is 0 Å². The summed E-state index contributed by atoms with van der Waals surface area (Å²) in [6.45, 7) is 3.90. The van der Waals surface area contributed by atoms with Gasteiger partial charge >= 0.3 is 5.97 Å². The summed E-state index contributed by atoms with van der Waals surface area (Å²) in [5.74, 6) is -0.957. The molecule has 0 unspecified atom stereocenters. The molecular weight excluding hydrogens is 286 g/mol. The van der Waals surface area contributed by atoms with Crippen LogP contribution in [0.2, 0.25) is 0 Å². The third kappa shape index (κ3) is 4.16. The van der Waals surface area contributed by atoms with E-state index in [1.807, 2.05) is 38.1 Å². The number of aryl methyl sites for hydroxylation is 3. The maximum atomic E-state index is 12.2. The summed E-state index contributed by atoms with van der Waals surface area (Å²) in [4.78, 5) is 24.9. The van der Waals surface area contributed by atoms with Gasteiger partial charge in [-0.05, 0) is 44.0 Å². The van der Waals surface area contributed by atoms with Gasteiger partial charge in [0.25, 0.3) is 5.91 Å². The van der Waals surface area contributed by atoms with E-state index in [2.05, 4.69) is 5.32 Å². The molecule has 0 aliphatic carbocycles. The highest BCUT2D eigenvalue weighted by Crippen LogP contribution is 2.22. The SMILES string of the molecule is Cc1cc(C(=O)Nc2cccc(CCC(=O)O)c2)c(C)s1. The summed E-state index contributed by atoms with van der Waals surface area (Å²) >= 11 is 1.60. The van der Waals surface area contributed by atoms with Gasteiger partial charge in [0.2, 0.25) is 0 Å². The molecule has 4 nitrogen and oxygen atoms in total. The Morgan fingerprint density at radius 1 is 1.24 bits per heavy atom. The van der Waals surface area contributed by atoms with Crippen LogP contribution in [0, 0.1) is 13.8 Å². The highest BCUT2D eigenvalue weighted by Gasteiger charge is 2.12. The number of carbonyl (C=O) groups is 2. The lowest BCUT2D eigenvalue weighted by atomic mass is 10.1. The van der Waals surface area contributed by atoms with Gasteiger partial charge in [-0.2, -0.15) is 0 Å². The molecule has 0 fully saturated rings. The van der Waals surface area contributed by atoms with Crippen LogP contribution in [-0.2, 0) is 11.2 Å². The van der Waals surface area contributed by atoms with Crippen molar-refractivity contribution in [1.82, 2.24) is 0 Å². The molecule has 2 N–H and O–H groups in total. The minimum Gasteiger partial charge on any atom is -0.481 e. The molecule has 0 bridgehead atoms. The van der Waals surface area contributed by atoms with Crippen LogP contribution >= 0.6 is 11.3 Å². The summed E-state index contributed by atoms with van der Waals surface area (Å²) in [5.41, 5.74) is 2.27. The molecule has 0 saturated carbocycles. The predicted molar refractivity (Wildman–Crippen MR) is 84.1 cm³/mol. The normalized spacial score (nSPS) is 10.4. The second kappa shape index (κ2) is 6.54. The van der Waals surface area contributed by atoms with Gasteiger partial charge in [-0.25, -0.2) is 0 Å². The van der Waals surface area contributed by atoms with Crippen LogP contribution < -0.4 is 5.32 Å². The number of carbonyl (C=O) groups excluding carboxylic acids is 1. The maximum Gasteiger partial charge on any atom is 0.303 e. The zero-order valence-corrected chi connectivity index (χ0v) is 12.8. The van der Waals surface area contributed by atoms with E-state index in [0.717, 1.165) is 15.3 Å². The van der Waals surface area contributed by atoms with E-state index in [-0.39, 0.29) is 12.3 Å². The van der Waals surface area contributed by atoms with Crippen molar-refractivity contribution < 1.29 is 14.7 Å². The Morgan fingerprint density at radius 2 is 2.00 bits per heavy atom. The van der Waals surface area contributed by atoms with E-state index in [1.165, 1.54) is 0 Å². The van der Waals surface area contributed by atoms with Crippen LogP contribution in [0.25, 0.3) is 0 Å². The van der Waals surface area contributed by atoms with Gasteiger partial charge in [-0.15, -0.1) is 11.3 Å². The van der Waals surface area contributed by atoms with E-state index in [4.69, 9.17) is 5.11 Å². The molecule has 2 rings (SSSR count). The van der Waals surface area contributed by atoms with Crippen LogP contribution in [0.3, 0.4) is 0 Å². The zero-order valence-electron chi connectivity index (χ0n) is 12.0. The third-order valence-electron chi connectivity index (χ3n) is 3.10. The summed E-state index contributed by atoms with van der Waals surface area (Å²) in [6.07, 6.45) is 0.538. The first-order chi connectivity index (χ1) is 9.95. The Bertz CT molecular complexity index is 676. The van der Waals surface area contributed by atoms with Gasteiger partial charge in [-0.1, -0.05) is 12.1 Å². The number of thiophene rings is 1. The highest BCUT2D eigenvalue weighted by atomic mass is 32.1. The third-order valence-corrected chi connectivity index (χ3v) is 4.06. The largest absolute Gasteiger partial charge is 0.481 e. The van der Waals surface area contributed by atoms with Gasteiger partial charge < -0.3 is 10.4 Å². The van der Waals surface area contributed by atoms with Crippen LogP contribution in [0.15, 0.2) is 30.3 Å². The minimum atomic E-state index is -0.825. The van der Waals surface area contributed by atoms with Gasteiger partial charge in [0.1, 0.15) is 0 Å². The number of carboxylic acids is 1. The van der Waals surface area contributed by atoms with Crippen LogP contribution in [0.1, 0.15) is 32.1 Å². The molecule has 0 saturated heterocycles. The highest BCUT2D eigenvalue weighted by molar-refractivity contribution is 7.12. The van der Waals surface area contributed by atoms with Crippen molar-refractivity contribution in [1.29, 1.82) is 0 Å². The van der Waals surface area contributed by atoms with E-state index in [9.17, 15) is 9.59 Å². The molecule has 0 atom stereocenters. The van der Waals surface area contributed by atoms with Crippen LogP contribution in [-0.4, -0.2) is 17.0 Å². The van der Waals surface area contributed by atoms with Gasteiger partial charge in [0.05, 0.1) is 5.56 Å². The quantitative estimate of drug-likeness (QED) is 0.886. The first kappa shape index (κ1) is 15.3. The van der Waals surface area contributed by atoms with E-state index in [0.29, 0.717) is 17.7 Å². The fourth-order valence-corrected chi connectivity index (χ4v) is 3.03. The maximum absolute atomic E-state index is 12.2. The summed E-state index contributed by atoms with van der Waals surface area (Å²) in [6, 6.07) is 9.17. The van der Waals surface area contributed by atoms with Crippen molar-refractivity contribution in [2.75, 3.05) is 5.32 Å². The van der Waals surface area contributed by atoms with Gasteiger partial charge in [0, 0.05) is 21.9 Å². The summed E-state index contributed by atoms with van der Waals surface area (Å²) < 4.78 is 0. The molecule has 21 heavy (non-hydrogen) atoms. The summed E-state index contributed by atoms with van der Waals surface area (Å²) in [5, 5.41) is 11.6. The molecule has 2 aromatic rings. The predicted octanol–water partition coefficient (Wildman–Crippen LogP) is 3.63. The average molecular weight is 303 g/mol. The number of anilines is 1. The molecule has 5 heteroatoms. The number of aliphatic carboxylic acids is 1. The number of benzene rings is 1. The molecule has 0 radical (unpaired) electrons. The molecule has 0 aliphatic rings. The average Bonchev–Trinajstić information content (AvgIpc) is 2.76. The molecule has 0 aliphatic heterocycles. The molecular formula is C16H17NO3S. The van der Waals surface area contributed by atoms with Gasteiger partial charge in [-0.3, -0.25) is 9.59 Å². The van der Waals surface area contributed by atoms with Crippen molar-refractivity contribution in [3.63, 3.8) is 0 Å². The van der Waals surface area contributed by atoms with Crippen molar-refractivity contribution in [2.45, 2.75) is 26.7 Å². The van der Waals surface area contributed by atoms with Crippen molar-refractivity contribution in [3.05, 3.63) is 51.2 Å². The van der Waals surface area contributed by atoms with Crippen molar-refractivity contribution in [3.8, 4) is 0 Å². The molecule has 1 aromatic carbocycles. The van der Waals surface area contributed by atoms with Gasteiger partial charge in [0.15, 0.2) is 0 Å². The lowest BCUT2D eigenvalue weighted by molar-refractivity contribution is -0.136. The summed E-state index contributed by atoms with van der Waals surface area (Å²) in [7, 11) is 0. The minimum absolute atomic E-state index is 0.0836. The number of amides is 1. The number of carboxylic acid groups (broad SMARTS) is 1. The fourth-order valence-electron chi connectivity index (χ4n) is 2.11. The van der Waals surface area contributed by atoms with E-state index in [1.54, 1.807) is 17.4 Å². The van der Waals surface area contributed by atoms with Crippen molar-refractivity contribution >= 4 is 28.9 Å². The molecule has 110 valence electrons. The zero-order chi connectivity index (χ0) is 15.4. The monoisotopic (exact) mass is 303 g/mol. The Balaban J connectivity index is 2.09. The number of hydrogen-bond donors (Lipinski definition) is 2. The van der Waals surface area contributed by atoms with Crippen LogP contribution in [0.5, 0.6) is 0 Å². The second-order valence-electron chi connectivity index (χ2n) is 4.88. The number of hydrogen-bond acceptors (Lipinski definition) is 3. The molecule has 1 aromatic heterocycles. The Hall–Kier alpha value is -2.14. The fraction of sp³-hybridized carbons (Fsp3) is 0.250. The topological polar surface area (TPSA) is 66.4 Å². The first-order valence-electron chi connectivity index (χ1n) is 6.65. The first-order valence-corrected chi connectivity index (χ1v) is 7.46. The Morgan fingerprint density at radius 3 is 2.62 bits per heavy atom. The molecule has 0 spiro atoms. The van der Waals surface area contributed by atoms with E-state index >= 15 is 0 Å². The Kier molecular flexibility index (Phi) is 4.75. The smallest absolute Gasteiger partial charge is 0.303 e. The number of rotatable bonds is 5. The van der Waals surface area contributed by atoms with Crippen LogP contribution in [0.4, 0.5) is 5.69 Å². The lowest BCUT2D eigenvalue weighted by Gasteiger charge is -2.07. The van der Waals surface area contributed by atoms with E-state index < -0.39 is 5.97 Å². The Labute approximate surface area is 127 Å². The molecule has 1 amide bonds. The lowest BCUT2D eigenvalue weighted by Crippen LogP contribution is -2.12. The molecule has 1 heterocycles. The number of nitrogens with one attached hydrogen (secondary N) is 1. The second-order valence-corrected chi connectivity index (χ2v) is 6.34. The standard InChI is InChI=1S/C16H17NO3S/c1-10-8-14(11(2)21-10)16(20)17-13-5-3-4-12(9-13)6-7-15(18)19/h3-5,8-9H,6-7H2,1-2H3,(H,17,20)(H,18,19).